The molecule has 0 saturated carbocycles. The van der Waals surface area contributed by atoms with Gasteiger partial charge in [-0.3, -0.25) is 58.8 Å². The summed E-state index contributed by atoms with van der Waals surface area (Å²) in [6.07, 6.45) is -1.05. The molecule has 0 aliphatic rings. The number of primary amides is 2. The number of fused-ring (bicyclic) bond motifs is 1. The number of para-hydroxylation sites is 1. The molecule has 0 aliphatic heterocycles. The highest BCUT2D eigenvalue weighted by Gasteiger charge is 2.35. The number of aromatic hydroxyl groups is 1. The fraction of sp³-hybridized carbons (Fsp3) is 0.429. The number of nitrogens with one attached hydrogen (secondary N) is 14. The number of aromatic nitrogens is 1. The molecule has 0 spiro atoms. The molecule has 0 fully saturated rings. The number of hydrogen-bond acceptors (Lipinski definition) is 14. The Kier molecular flexibility index (Phi) is 27.0. The van der Waals surface area contributed by atoms with Crippen LogP contribution in [0.2, 0.25) is 0 Å². The zero-order valence-corrected chi connectivity index (χ0v) is 47.9. The van der Waals surface area contributed by atoms with Crippen LogP contribution in [0.3, 0.4) is 0 Å². The monoisotopic (exact) mass is 1180 g/mol. The van der Waals surface area contributed by atoms with Crippen molar-refractivity contribution in [3.05, 3.63) is 102 Å². The summed E-state index contributed by atoms with van der Waals surface area (Å²) in [5, 5.41) is 54.4. The fourth-order valence-electron chi connectivity index (χ4n) is 8.67. The first-order valence-electron chi connectivity index (χ1n) is 27.4. The number of guanidine groups is 1. The number of phenolic OH excluding ortho intramolecular Hbond substituents is 1. The van der Waals surface area contributed by atoms with Crippen LogP contribution in [0, 0.1) is 11.3 Å². The van der Waals surface area contributed by atoms with E-state index in [0.29, 0.717) is 16.7 Å². The predicted molar refractivity (Wildman–Crippen MR) is 311 cm³/mol. The first-order chi connectivity index (χ1) is 40.3. The van der Waals surface area contributed by atoms with E-state index in [1.165, 1.54) is 19.1 Å². The second-order valence-corrected chi connectivity index (χ2v) is 20.5. The number of benzene rings is 3. The third kappa shape index (κ3) is 23.5. The van der Waals surface area contributed by atoms with Crippen LogP contribution in [-0.4, -0.2) is 155 Å². The van der Waals surface area contributed by atoms with Gasteiger partial charge in [-0.05, 0) is 67.0 Å². The summed E-state index contributed by atoms with van der Waals surface area (Å²) in [6, 6.07) is 10.5. The molecule has 0 aliphatic carbocycles. The topological polar surface area (TPSA) is 464 Å². The van der Waals surface area contributed by atoms with Crippen LogP contribution in [-0.2, 0) is 67.2 Å². The van der Waals surface area contributed by atoms with Crippen LogP contribution in [0.25, 0.3) is 10.9 Å². The third-order valence-electron chi connectivity index (χ3n) is 13.0. The van der Waals surface area contributed by atoms with E-state index in [-0.39, 0.29) is 69.2 Å². The molecule has 29 heteroatoms. The van der Waals surface area contributed by atoms with Crippen molar-refractivity contribution in [3.8, 4) is 5.75 Å². The molecular weight excluding hydrogens is 1100 g/mol. The first-order valence-corrected chi connectivity index (χ1v) is 27.4. The van der Waals surface area contributed by atoms with Crippen molar-refractivity contribution >= 4 is 82.0 Å². The van der Waals surface area contributed by atoms with Gasteiger partial charge in [-0.1, -0.05) is 74.5 Å². The second-order valence-electron chi connectivity index (χ2n) is 20.5. The molecule has 4 rings (SSSR count). The molecule has 1 heterocycles. The molecular formula is C56H78N16O13. The van der Waals surface area contributed by atoms with Gasteiger partial charge in [0.2, 0.25) is 53.2 Å². The van der Waals surface area contributed by atoms with E-state index in [4.69, 9.17) is 16.9 Å². The molecule has 4 aromatic rings. The summed E-state index contributed by atoms with van der Waals surface area (Å²) in [6.45, 7) is 5.81. The smallest absolute Gasteiger partial charge is 0.334 e. The number of amides is 12. The van der Waals surface area contributed by atoms with E-state index in [9.17, 15) is 63.0 Å². The van der Waals surface area contributed by atoms with Gasteiger partial charge < -0.3 is 79.8 Å². The highest BCUT2D eigenvalue weighted by atomic mass is 16.3. The maximum absolute atomic E-state index is 14.1. The van der Waals surface area contributed by atoms with Gasteiger partial charge in [-0.25, -0.2) is 10.2 Å². The van der Waals surface area contributed by atoms with Crippen molar-refractivity contribution in [2.75, 3.05) is 20.1 Å². The number of urea groups is 1. The lowest BCUT2D eigenvalue weighted by Gasteiger charge is -2.27. The molecule has 1 aromatic heterocycles. The van der Waals surface area contributed by atoms with Crippen molar-refractivity contribution in [1.82, 2.24) is 69.0 Å². The molecule has 85 heavy (non-hydrogen) atoms. The Hall–Kier alpha value is -9.80. The maximum Gasteiger partial charge on any atom is 0.334 e. The van der Waals surface area contributed by atoms with Crippen molar-refractivity contribution in [2.24, 2.45) is 17.4 Å². The Bertz CT molecular complexity index is 2970. The lowest BCUT2D eigenvalue weighted by atomic mass is 10.0. The van der Waals surface area contributed by atoms with Gasteiger partial charge in [-0.15, -0.1) is 0 Å². The molecule has 12 amide bonds. The lowest BCUT2D eigenvalue weighted by molar-refractivity contribution is -0.136. The van der Waals surface area contributed by atoms with E-state index in [0.717, 1.165) is 17.8 Å². The van der Waals surface area contributed by atoms with Gasteiger partial charge in [-0.2, -0.15) is 0 Å². The summed E-state index contributed by atoms with van der Waals surface area (Å²) in [5.41, 5.74) is 18.2. The minimum Gasteiger partial charge on any atom is -0.508 e. The summed E-state index contributed by atoms with van der Waals surface area (Å²) < 4.78 is 0. The molecule has 0 saturated heterocycles. The maximum atomic E-state index is 14.1. The largest absolute Gasteiger partial charge is 0.508 e. The van der Waals surface area contributed by atoms with Crippen LogP contribution in [0.1, 0.15) is 76.5 Å². The van der Waals surface area contributed by atoms with E-state index in [1.54, 1.807) is 69.6 Å². The van der Waals surface area contributed by atoms with Gasteiger partial charge >= 0.3 is 6.03 Å². The standard InChI is InChI=1S/C56H78N16O13/c1-30(2)24-41(51(81)66-39(16-11-22-62-55(59)60-5)50(80)67-40(48(58)78)27-35-29-63-38-15-10-9-14-37(35)38)69-56(85)72-71-53(83)43(25-33-12-7-6-8-13-33)68-54(84)47(31(3)73)70-52(82)44(28-45(57)76)65-46(77)21-23-61-49(79)42(64-32(4)74)26-34-17-19-36(75)20-18-34/h6-10,12-15,17-20,29-31,39-44,47,63,73,75H,11,16,21-28H2,1-5H3,(H2,57,76)(H2,58,78)(H,61,79)(H,64,74)(H,65,77)(H,66,81)(H,67,80)(H,68,84)(H,70,82)(H,71,83)(H3,59,60,62)(H2,69,72,85)/t31-,39+,40+,41+,42-,43+,44+,47+/m1/s1. The molecule has 8 atom stereocenters. The van der Waals surface area contributed by atoms with E-state index in [2.05, 4.69) is 69.0 Å². The van der Waals surface area contributed by atoms with Crippen LogP contribution < -0.4 is 75.5 Å². The molecule has 3 aromatic carbocycles. The number of H-pyrrole nitrogens is 1. The minimum absolute atomic E-state index is 0.00486. The summed E-state index contributed by atoms with van der Waals surface area (Å²) in [5.74, 6) is -8.96. The van der Waals surface area contributed by atoms with Crippen molar-refractivity contribution in [3.63, 3.8) is 0 Å². The number of aliphatic hydroxyl groups is 1. The van der Waals surface area contributed by atoms with E-state index in [1.807, 2.05) is 24.3 Å². The predicted octanol–water partition coefficient (Wildman–Crippen LogP) is -2.65. The number of nitrogens with two attached hydrogens (primary N) is 2. The number of aromatic amines is 1. The molecule has 0 unspecified atom stereocenters. The Morgan fingerprint density at radius 1 is 0.600 bits per heavy atom. The molecule has 460 valence electrons. The van der Waals surface area contributed by atoms with Gasteiger partial charge in [0, 0.05) is 69.8 Å². The zero-order valence-electron chi connectivity index (χ0n) is 47.9. The lowest BCUT2D eigenvalue weighted by Crippen LogP contribution is -2.62. The molecule has 0 bridgehead atoms. The zero-order chi connectivity index (χ0) is 62.8. The molecule has 0 radical (unpaired) electrons. The molecule has 29 nitrogen and oxygen atoms in total. The second kappa shape index (κ2) is 34.0. The van der Waals surface area contributed by atoms with E-state index < -0.39 is 126 Å². The minimum atomic E-state index is -1.83. The van der Waals surface area contributed by atoms with Gasteiger partial charge in [0.15, 0.2) is 5.96 Å². The average Bonchev–Trinajstić information content (AvgIpc) is 3.34. The Morgan fingerprint density at radius 3 is 1.82 bits per heavy atom. The van der Waals surface area contributed by atoms with E-state index >= 15 is 0 Å². The van der Waals surface area contributed by atoms with Crippen LogP contribution in [0.5, 0.6) is 5.75 Å². The summed E-state index contributed by atoms with van der Waals surface area (Å²) in [4.78, 5) is 149. The number of hydrogen-bond donors (Lipinski definition) is 18. The van der Waals surface area contributed by atoms with Crippen LogP contribution in [0.15, 0.2) is 85.1 Å². The van der Waals surface area contributed by atoms with Crippen molar-refractivity contribution in [2.45, 2.75) is 127 Å². The average molecular weight is 1180 g/mol. The number of hydrazine groups is 1. The van der Waals surface area contributed by atoms with Crippen LogP contribution in [0.4, 0.5) is 4.79 Å². The first kappa shape index (κ1) is 67.7. The SMILES string of the molecule is CNC(=N)NCCC[C@H](NC(=O)[C@H](CC(C)C)NC(=O)NNC(=O)[C@H](Cc1ccccc1)NC(=O)[C@@H](NC(=O)[C@H](CC(N)=O)NC(=O)CCNC(=O)[C@@H](Cc1ccc(O)cc1)NC(C)=O)[C@@H](C)O)C(=O)N[C@@H](Cc1c[nH]c2ccccc12)C(N)=O. The number of aliphatic hydroxyl groups excluding tert-OH is 1. The number of phenols is 1. The van der Waals surface area contributed by atoms with Gasteiger partial charge in [0.1, 0.15) is 48.0 Å². The van der Waals surface area contributed by atoms with Gasteiger partial charge in [0.25, 0.3) is 5.91 Å². The summed E-state index contributed by atoms with van der Waals surface area (Å²) >= 11 is 0. The Morgan fingerprint density at radius 2 is 1.20 bits per heavy atom. The summed E-state index contributed by atoms with van der Waals surface area (Å²) in [7, 11) is 1.54. The number of rotatable bonds is 32. The quantitative estimate of drug-likeness (QED) is 0.0103. The highest BCUT2D eigenvalue weighted by Crippen LogP contribution is 2.20. The normalized spacial score (nSPS) is 13.7. The third-order valence-corrected chi connectivity index (χ3v) is 13.0. The number of carbonyl (C=O) groups is 11. The Balaban J connectivity index is 1.43. The van der Waals surface area contributed by atoms with Crippen molar-refractivity contribution in [1.29, 1.82) is 5.41 Å². The fourth-order valence-corrected chi connectivity index (χ4v) is 8.67. The van der Waals surface area contributed by atoms with Crippen LogP contribution >= 0.6 is 0 Å². The van der Waals surface area contributed by atoms with Crippen molar-refractivity contribution < 1.29 is 63.0 Å². The molecule has 20 N–H and O–H groups in total. The highest BCUT2D eigenvalue weighted by molar-refractivity contribution is 5.98. The van der Waals surface area contributed by atoms with Gasteiger partial charge in [0.05, 0.1) is 12.5 Å². The Labute approximate surface area is 490 Å². The number of carbonyl (C=O) groups excluding carboxylic acids is 11.